The van der Waals surface area contributed by atoms with Gasteiger partial charge >= 0.3 is 6.09 Å². The van der Waals surface area contributed by atoms with Gasteiger partial charge in [0.15, 0.2) is 0 Å². The molecule has 0 spiro atoms. The van der Waals surface area contributed by atoms with Crippen LogP contribution in [-0.2, 0) is 10.0 Å². The molecular weight excluding hydrogens is 386 g/mol. The van der Waals surface area contributed by atoms with Crippen molar-refractivity contribution in [1.82, 2.24) is 15.0 Å². The standard InChI is InChI=1S/C18H23N3O4S2/c1-2-20-27(24,25)16-6-4-3-5-14(16)15-11-19-17(26-15)12-7-9-13(10-8-12)21-18(22)23/h3-6,11-13,20-21H,2,7-10H2,1H3,(H,22,23)/t12-,13-. The van der Waals surface area contributed by atoms with Crippen molar-refractivity contribution in [3.8, 4) is 10.4 Å². The second-order valence-corrected chi connectivity index (χ2v) is 9.36. The van der Waals surface area contributed by atoms with Crippen molar-refractivity contribution >= 4 is 27.5 Å². The first-order valence-electron chi connectivity index (χ1n) is 8.95. The molecule has 27 heavy (non-hydrogen) atoms. The van der Waals surface area contributed by atoms with Crippen LogP contribution in [0.15, 0.2) is 35.4 Å². The van der Waals surface area contributed by atoms with E-state index in [1.165, 1.54) is 11.3 Å². The van der Waals surface area contributed by atoms with Gasteiger partial charge in [-0.25, -0.2) is 22.9 Å². The minimum atomic E-state index is -3.56. The molecule has 0 saturated heterocycles. The van der Waals surface area contributed by atoms with E-state index in [-0.39, 0.29) is 16.9 Å². The zero-order chi connectivity index (χ0) is 19.4. The third kappa shape index (κ3) is 4.66. The van der Waals surface area contributed by atoms with E-state index in [0.29, 0.717) is 12.1 Å². The summed E-state index contributed by atoms with van der Waals surface area (Å²) in [6.45, 7) is 2.08. The van der Waals surface area contributed by atoms with E-state index in [1.54, 1.807) is 31.3 Å². The van der Waals surface area contributed by atoms with Crippen molar-refractivity contribution in [2.75, 3.05) is 6.54 Å². The topological polar surface area (TPSA) is 108 Å². The molecule has 3 N–H and O–H groups in total. The maximum atomic E-state index is 12.5. The lowest BCUT2D eigenvalue weighted by Crippen LogP contribution is -2.36. The Kier molecular flexibility index (Phi) is 6.13. The number of hydrogen-bond donors (Lipinski definition) is 3. The average molecular weight is 410 g/mol. The van der Waals surface area contributed by atoms with E-state index < -0.39 is 16.1 Å². The van der Waals surface area contributed by atoms with E-state index in [0.717, 1.165) is 35.6 Å². The SMILES string of the molecule is CCNS(=O)(=O)c1ccccc1-c1cnc([C@H]2CC[C@H](NC(=O)O)CC2)s1. The Labute approximate surface area is 162 Å². The fourth-order valence-electron chi connectivity index (χ4n) is 3.43. The fourth-order valence-corrected chi connectivity index (χ4v) is 5.88. The number of carboxylic acid groups (broad SMARTS) is 1. The summed E-state index contributed by atoms with van der Waals surface area (Å²) in [6, 6.07) is 6.95. The maximum absolute atomic E-state index is 12.5. The van der Waals surface area contributed by atoms with Gasteiger partial charge in [0.25, 0.3) is 0 Å². The van der Waals surface area contributed by atoms with E-state index in [9.17, 15) is 13.2 Å². The number of hydrogen-bond acceptors (Lipinski definition) is 5. The Morgan fingerprint density at radius 1 is 1.26 bits per heavy atom. The van der Waals surface area contributed by atoms with Gasteiger partial charge in [-0.3, -0.25) is 0 Å². The zero-order valence-corrected chi connectivity index (χ0v) is 16.6. The molecule has 1 fully saturated rings. The van der Waals surface area contributed by atoms with Crippen LogP contribution in [0.5, 0.6) is 0 Å². The van der Waals surface area contributed by atoms with Crippen LogP contribution in [0.25, 0.3) is 10.4 Å². The molecule has 1 aliphatic carbocycles. The number of carbonyl (C=O) groups is 1. The van der Waals surface area contributed by atoms with Gasteiger partial charge in [-0.15, -0.1) is 11.3 Å². The third-order valence-corrected chi connectivity index (χ3v) is 7.50. The van der Waals surface area contributed by atoms with E-state index in [2.05, 4.69) is 15.0 Å². The Morgan fingerprint density at radius 3 is 2.63 bits per heavy atom. The second kappa shape index (κ2) is 8.37. The number of benzene rings is 1. The van der Waals surface area contributed by atoms with Gasteiger partial charge in [-0.2, -0.15) is 0 Å². The van der Waals surface area contributed by atoms with Crippen molar-refractivity contribution < 1.29 is 18.3 Å². The summed E-state index contributed by atoms with van der Waals surface area (Å²) < 4.78 is 27.5. The normalized spacial score (nSPS) is 20.3. The van der Waals surface area contributed by atoms with Crippen molar-refractivity contribution in [1.29, 1.82) is 0 Å². The molecular formula is C18H23N3O4S2. The van der Waals surface area contributed by atoms with Gasteiger partial charge in [0.1, 0.15) is 0 Å². The molecule has 0 aliphatic heterocycles. The second-order valence-electron chi connectivity index (χ2n) is 6.56. The third-order valence-electron chi connectivity index (χ3n) is 4.70. The Morgan fingerprint density at radius 2 is 1.96 bits per heavy atom. The van der Waals surface area contributed by atoms with Gasteiger partial charge in [0, 0.05) is 30.3 Å². The highest BCUT2D eigenvalue weighted by Crippen LogP contribution is 2.39. The van der Waals surface area contributed by atoms with Crippen molar-refractivity contribution in [3.63, 3.8) is 0 Å². The molecule has 7 nitrogen and oxygen atoms in total. The molecule has 3 rings (SSSR count). The van der Waals surface area contributed by atoms with Crippen molar-refractivity contribution in [2.24, 2.45) is 0 Å². The lowest BCUT2D eigenvalue weighted by Gasteiger charge is -2.27. The Hall–Kier alpha value is -1.97. The highest BCUT2D eigenvalue weighted by Gasteiger charge is 2.26. The summed E-state index contributed by atoms with van der Waals surface area (Å²) in [5.74, 6) is 0.285. The van der Waals surface area contributed by atoms with E-state index in [1.807, 2.05) is 6.07 Å². The van der Waals surface area contributed by atoms with Crippen LogP contribution in [0, 0.1) is 0 Å². The molecule has 0 atom stereocenters. The van der Waals surface area contributed by atoms with Crippen LogP contribution in [-0.4, -0.2) is 37.2 Å². The van der Waals surface area contributed by atoms with Crippen LogP contribution in [0.2, 0.25) is 0 Å². The summed E-state index contributed by atoms with van der Waals surface area (Å²) in [5.41, 5.74) is 0.656. The highest BCUT2D eigenvalue weighted by atomic mass is 32.2. The van der Waals surface area contributed by atoms with Crippen molar-refractivity contribution in [2.45, 2.75) is 49.5 Å². The summed E-state index contributed by atoms with van der Waals surface area (Å²) in [4.78, 5) is 16.4. The quantitative estimate of drug-likeness (QED) is 0.678. The molecule has 0 unspecified atom stereocenters. The number of thiazole rings is 1. The first-order valence-corrected chi connectivity index (χ1v) is 11.2. The first-order chi connectivity index (χ1) is 12.9. The summed E-state index contributed by atoms with van der Waals surface area (Å²) in [5, 5.41) is 12.4. The number of sulfonamides is 1. The minimum Gasteiger partial charge on any atom is -0.465 e. The molecule has 1 saturated carbocycles. The number of amides is 1. The number of nitrogens with zero attached hydrogens (tertiary/aromatic N) is 1. The highest BCUT2D eigenvalue weighted by molar-refractivity contribution is 7.89. The number of nitrogens with one attached hydrogen (secondary N) is 2. The van der Waals surface area contributed by atoms with Crippen molar-refractivity contribution in [3.05, 3.63) is 35.5 Å². The van der Waals surface area contributed by atoms with Crippen LogP contribution in [0.1, 0.15) is 43.5 Å². The molecule has 0 bridgehead atoms. The van der Waals surface area contributed by atoms with Gasteiger partial charge < -0.3 is 10.4 Å². The summed E-state index contributed by atoms with van der Waals surface area (Å²) >= 11 is 1.52. The molecule has 0 radical (unpaired) electrons. The predicted octanol–water partition coefficient (Wildman–Crippen LogP) is 3.40. The fraction of sp³-hybridized carbons (Fsp3) is 0.444. The molecule has 1 aliphatic rings. The lowest BCUT2D eigenvalue weighted by molar-refractivity contribution is 0.185. The van der Waals surface area contributed by atoms with Gasteiger partial charge in [-0.05, 0) is 31.7 Å². The minimum absolute atomic E-state index is 0.00386. The molecule has 1 amide bonds. The average Bonchev–Trinajstić information content (AvgIpc) is 3.12. The molecule has 146 valence electrons. The first kappa shape index (κ1) is 19.8. The van der Waals surface area contributed by atoms with Crippen LogP contribution >= 0.6 is 11.3 Å². The van der Waals surface area contributed by atoms with Gasteiger partial charge in [0.2, 0.25) is 10.0 Å². The molecule has 2 aromatic rings. The smallest absolute Gasteiger partial charge is 0.404 e. The zero-order valence-electron chi connectivity index (χ0n) is 15.0. The van der Waals surface area contributed by atoms with Crippen LogP contribution in [0.3, 0.4) is 0 Å². The summed E-state index contributed by atoms with van der Waals surface area (Å²) in [7, 11) is -3.56. The van der Waals surface area contributed by atoms with Gasteiger partial charge in [0.05, 0.1) is 14.8 Å². The number of rotatable bonds is 6. The largest absolute Gasteiger partial charge is 0.465 e. The van der Waals surface area contributed by atoms with Gasteiger partial charge in [-0.1, -0.05) is 25.1 Å². The predicted molar refractivity (Wildman–Crippen MR) is 105 cm³/mol. The lowest BCUT2D eigenvalue weighted by atomic mass is 9.86. The monoisotopic (exact) mass is 409 g/mol. The van der Waals surface area contributed by atoms with E-state index >= 15 is 0 Å². The molecule has 1 aromatic carbocycles. The molecule has 1 aromatic heterocycles. The summed E-state index contributed by atoms with van der Waals surface area (Å²) in [6.07, 6.45) is 4.08. The number of aromatic nitrogens is 1. The Bertz CT molecular complexity index is 903. The molecule has 9 heteroatoms. The van der Waals surface area contributed by atoms with Crippen LogP contribution in [0.4, 0.5) is 4.79 Å². The Balaban J connectivity index is 1.79. The maximum Gasteiger partial charge on any atom is 0.404 e. The van der Waals surface area contributed by atoms with Crippen LogP contribution < -0.4 is 10.0 Å². The van der Waals surface area contributed by atoms with E-state index in [4.69, 9.17) is 5.11 Å². The molecule has 1 heterocycles.